The van der Waals surface area contributed by atoms with Gasteiger partial charge in [0.1, 0.15) is 17.3 Å². The zero-order valence-electron chi connectivity index (χ0n) is 17.5. The first-order chi connectivity index (χ1) is 15.0. The summed E-state index contributed by atoms with van der Waals surface area (Å²) in [6, 6.07) is 12.6. The summed E-state index contributed by atoms with van der Waals surface area (Å²) >= 11 is 0. The lowest BCUT2D eigenvalue weighted by Gasteiger charge is -2.09. The van der Waals surface area contributed by atoms with Gasteiger partial charge in [-0.15, -0.1) is 0 Å². The highest BCUT2D eigenvalue weighted by Crippen LogP contribution is 2.31. The lowest BCUT2D eigenvalue weighted by Crippen LogP contribution is -2.35. The SMILES string of the molecule is C=CNc1c(C(C)=N)c(-c2ccc(Oc3ccccn3)cc2)nn1CCNC(=O)NC. The molecular weight excluding hydrogens is 394 g/mol. The second-order valence-corrected chi connectivity index (χ2v) is 6.57. The molecule has 4 N–H and O–H groups in total. The number of anilines is 1. The van der Waals surface area contributed by atoms with E-state index in [1.54, 1.807) is 37.1 Å². The van der Waals surface area contributed by atoms with Gasteiger partial charge in [0.15, 0.2) is 0 Å². The fraction of sp³-hybridized carbons (Fsp3) is 0.182. The monoisotopic (exact) mass is 419 g/mol. The smallest absolute Gasteiger partial charge is 0.314 e. The molecule has 2 amide bonds. The van der Waals surface area contributed by atoms with Crippen LogP contribution in [0.15, 0.2) is 61.4 Å². The summed E-state index contributed by atoms with van der Waals surface area (Å²) in [6.07, 6.45) is 3.21. The average Bonchev–Trinajstić information content (AvgIpc) is 3.13. The summed E-state index contributed by atoms with van der Waals surface area (Å²) in [7, 11) is 1.56. The first-order valence-corrected chi connectivity index (χ1v) is 9.72. The van der Waals surface area contributed by atoms with Crippen molar-refractivity contribution < 1.29 is 9.53 Å². The number of ether oxygens (including phenoxy) is 1. The molecule has 0 atom stereocenters. The van der Waals surface area contributed by atoms with Crippen LogP contribution in [0.2, 0.25) is 0 Å². The number of pyridine rings is 1. The van der Waals surface area contributed by atoms with Crippen LogP contribution in [-0.2, 0) is 6.54 Å². The molecule has 0 radical (unpaired) electrons. The molecule has 0 saturated heterocycles. The van der Waals surface area contributed by atoms with Crippen LogP contribution in [0.5, 0.6) is 11.6 Å². The van der Waals surface area contributed by atoms with Crippen LogP contribution in [0.1, 0.15) is 12.5 Å². The van der Waals surface area contributed by atoms with E-state index in [-0.39, 0.29) is 6.03 Å². The highest BCUT2D eigenvalue weighted by Gasteiger charge is 2.20. The molecule has 2 aromatic heterocycles. The van der Waals surface area contributed by atoms with Gasteiger partial charge in [0.05, 0.1) is 12.1 Å². The minimum Gasteiger partial charge on any atom is -0.439 e. The van der Waals surface area contributed by atoms with Crippen molar-refractivity contribution in [1.82, 2.24) is 25.4 Å². The van der Waals surface area contributed by atoms with Gasteiger partial charge >= 0.3 is 6.03 Å². The number of hydrogen-bond donors (Lipinski definition) is 4. The van der Waals surface area contributed by atoms with Gasteiger partial charge in [-0.25, -0.2) is 14.5 Å². The van der Waals surface area contributed by atoms with Gasteiger partial charge in [-0.3, -0.25) is 0 Å². The Bertz CT molecular complexity index is 1060. The van der Waals surface area contributed by atoms with Crippen molar-refractivity contribution >= 4 is 17.6 Å². The summed E-state index contributed by atoms with van der Waals surface area (Å²) in [4.78, 5) is 15.6. The molecule has 0 spiro atoms. The van der Waals surface area contributed by atoms with Gasteiger partial charge in [-0.05, 0) is 43.5 Å². The lowest BCUT2D eigenvalue weighted by atomic mass is 10.0. The minimum atomic E-state index is -0.266. The molecule has 31 heavy (non-hydrogen) atoms. The molecule has 0 fully saturated rings. The Hall–Kier alpha value is -4.14. The van der Waals surface area contributed by atoms with Crippen LogP contribution in [0, 0.1) is 5.41 Å². The summed E-state index contributed by atoms with van der Waals surface area (Å²) in [6.45, 7) is 6.23. The predicted octanol–water partition coefficient (Wildman–Crippen LogP) is 3.61. The molecule has 0 saturated carbocycles. The fourth-order valence-corrected chi connectivity index (χ4v) is 3.00. The topological polar surface area (TPSA) is 117 Å². The molecule has 160 valence electrons. The quantitative estimate of drug-likeness (QED) is 0.395. The van der Waals surface area contributed by atoms with E-state index in [0.29, 0.717) is 47.5 Å². The number of benzene rings is 1. The molecule has 0 aliphatic carbocycles. The van der Waals surface area contributed by atoms with Crippen LogP contribution in [-0.4, -0.2) is 40.1 Å². The van der Waals surface area contributed by atoms with Crippen molar-refractivity contribution in [3.05, 3.63) is 67.0 Å². The maximum atomic E-state index is 11.4. The standard InChI is InChI=1S/C22H25N7O2/c1-4-25-21-19(15(2)23)20(28-29(21)14-13-27-22(30)24-3)16-8-10-17(11-9-16)31-18-7-5-6-12-26-18/h4-12,23,25H,1,13-14H2,2-3H3,(H2,24,27,30). The number of carbonyl (C=O) groups excluding carboxylic acids is 1. The number of aromatic nitrogens is 3. The molecule has 9 heteroatoms. The van der Waals surface area contributed by atoms with E-state index in [2.05, 4.69) is 27.5 Å². The fourth-order valence-electron chi connectivity index (χ4n) is 3.00. The van der Waals surface area contributed by atoms with Gasteiger partial charge in [-0.2, -0.15) is 5.10 Å². The number of hydrogen-bond acceptors (Lipinski definition) is 6. The van der Waals surface area contributed by atoms with Crippen LogP contribution in [0.4, 0.5) is 10.6 Å². The van der Waals surface area contributed by atoms with E-state index in [9.17, 15) is 4.79 Å². The summed E-state index contributed by atoms with van der Waals surface area (Å²) in [5.41, 5.74) is 2.51. The van der Waals surface area contributed by atoms with E-state index in [0.717, 1.165) is 5.56 Å². The second kappa shape index (κ2) is 10.1. The maximum Gasteiger partial charge on any atom is 0.314 e. The van der Waals surface area contributed by atoms with E-state index >= 15 is 0 Å². The number of amides is 2. The van der Waals surface area contributed by atoms with E-state index in [1.165, 1.54) is 0 Å². The summed E-state index contributed by atoms with van der Waals surface area (Å²) < 4.78 is 7.47. The highest BCUT2D eigenvalue weighted by atomic mass is 16.5. The third kappa shape index (κ3) is 5.27. The molecule has 0 aliphatic rings. The first kappa shape index (κ1) is 21.6. The Labute approximate surface area is 180 Å². The molecular formula is C22H25N7O2. The molecule has 9 nitrogen and oxygen atoms in total. The van der Waals surface area contributed by atoms with Gasteiger partial charge in [-0.1, -0.05) is 12.6 Å². The van der Waals surface area contributed by atoms with Crippen LogP contribution >= 0.6 is 0 Å². The molecule has 0 unspecified atom stereocenters. The number of rotatable bonds is 9. The number of urea groups is 1. The normalized spacial score (nSPS) is 10.3. The molecule has 0 bridgehead atoms. The Balaban J connectivity index is 1.89. The van der Waals surface area contributed by atoms with Crippen molar-refractivity contribution in [2.45, 2.75) is 13.5 Å². The first-order valence-electron chi connectivity index (χ1n) is 9.72. The highest BCUT2D eigenvalue weighted by molar-refractivity contribution is 6.06. The van der Waals surface area contributed by atoms with E-state index in [1.807, 2.05) is 36.4 Å². The molecule has 3 aromatic rings. The number of carbonyl (C=O) groups is 1. The van der Waals surface area contributed by atoms with Crippen molar-refractivity contribution in [2.75, 3.05) is 18.9 Å². The Morgan fingerprint density at radius 3 is 2.65 bits per heavy atom. The van der Waals surface area contributed by atoms with Crippen molar-refractivity contribution in [2.24, 2.45) is 0 Å². The molecule has 0 aliphatic heterocycles. The number of nitrogens with zero attached hydrogens (tertiary/aromatic N) is 3. The van der Waals surface area contributed by atoms with Gasteiger partial charge in [0.25, 0.3) is 0 Å². The van der Waals surface area contributed by atoms with Crippen LogP contribution in [0.3, 0.4) is 0 Å². The zero-order chi connectivity index (χ0) is 22.2. The third-order valence-electron chi connectivity index (χ3n) is 4.39. The van der Waals surface area contributed by atoms with E-state index in [4.69, 9.17) is 15.2 Å². The van der Waals surface area contributed by atoms with E-state index < -0.39 is 0 Å². The maximum absolute atomic E-state index is 11.4. The second-order valence-electron chi connectivity index (χ2n) is 6.57. The Morgan fingerprint density at radius 1 is 1.26 bits per heavy atom. The summed E-state index contributed by atoms with van der Waals surface area (Å²) in [5.74, 6) is 1.80. The molecule has 2 heterocycles. The van der Waals surface area contributed by atoms with Gasteiger partial charge in [0, 0.05) is 37.1 Å². The lowest BCUT2D eigenvalue weighted by molar-refractivity contribution is 0.242. The van der Waals surface area contributed by atoms with Crippen molar-refractivity contribution in [1.29, 1.82) is 5.41 Å². The van der Waals surface area contributed by atoms with Crippen molar-refractivity contribution in [3.8, 4) is 22.9 Å². The van der Waals surface area contributed by atoms with Crippen molar-refractivity contribution in [3.63, 3.8) is 0 Å². The largest absolute Gasteiger partial charge is 0.439 e. The Morgan fingerprint density at radius 2 is 2.03 bits per heavy atom. The van der Waals surface area contributed by atoms with Gasteiger partial charge in [0.2, 0.25) is 5.88 Å². The van der Waals surface area contributed by atoms with Crippen LogP contribution < -0.4 is 20.7 Å². The molecule has 3 rings (SSSR count). The minimum absolute atomic E-state index is 0.266. The third-order valence-corrected chi connectivity index (χ3v) is 4.39. The average molecular weight is 419 g/mol. The summed E-state index contributed by atoms with van der Waals surface area (Å²) in [5, 5.41) is 21.3. The predicted molar refractivity (Wildman–Crippen MR) is 121 cm³/mol. The van der Waals surface area contributed by atoms with Gasteiger partial charge < -0.3 is 26.1 Å². The van der Waals surface area contributed by atoms with Crippen LogP contribution in [0.25, 0.3) is 11.3 Å². The number of nitrogens with one attached hydrogen (secondary N) is 4. The molecule has 1 aromatic carbocycles. The Kier molecular flexibility index (Phi) is 7.00. The zero-order valence-corrected chi connectivity index (χ0v) is 17.5.